The van der Waals surface area contributed by atoms with Crippen LogP contribution >= 0.6 is 11.6 Å². The van der Waals surface area contributed by atoms with Gasteiger partial charge in [0.05, 0.1) is 6.20 Å². The molecule has 1 aromatic carbocycles. The van der Waals surface area contributed by atoms with Gasteiger partial charge in [0.15, 0.2) is 0 Å². The minimum atomic E-state index is 0.116. The number of halogens is 1. The fourth-order valence-electron chi connectivity index (χ4n) is 0.920. The molecule has 2 N–H and O–H groups in total. The normalized spacial score (nSPS) is 10.1. The van der Waals surface area contributed by atoms with E-state index in [1.807, 2.05) is 0 Å². The first kappa shape index (κ1) is 8.90. The number of oxazole rings is 1. The molecule has 0 unspecified atom stereocenters. The van der Waals surface area contributed by atoms with Crippen LogP contribution in [0.25, 0.3) is 0 Å². The van der Waals surface area contributed by atoms with E-state index < -0.39 is 0 Å². The predicted molar refractivity (Wildman–Crippen MR) is 52.4 cm³/mol. The molecular formula is C9H7ClN2O2. The van der Waals surface area contributed by atoms with Crippen LogP contribution in [0.5, 0.6) is 11.8 Å². The van der Waals surface area contributed by atoms with E-state index in [1.165, 1.54) is 6.20 Å². The zero-order chi connectivity index (χ0) is 9.97. The van der Waals surface area contributed by atoms with Gasteiger partial charge < -0.3 is 14.9 Å². The standard InChI is InChI=1S/C9H7ClN2O2/c10-6-1-3-7(4-2-6)13-9-12-5-8(11)14-9/h1-5H,11H2. The van der Waals surface area contributed by atoms with Gasteiger partial charge in [-0.1, -0.05) is 11.6 Å². The molecule has 1 heterocycles. The molecule has 1 aromatic heterocycles. The zero-order valence-corrected chi connectivity index (χ0v) is 7.86. The van der Waals surface area contributed by atoms with Crippen molar-refractivity contribution in [1.29, 1.82) is 0 Å². The number of hydrogen-bond acceptors (Lipinski definition) is 4. The lowest BCUT2D eigenvalue weighted by molar-refractivity contribution is 0.337. The van der Waals surface area contributed by atoms with Crippen molar-refractivity contribution in [2.24, 2.45) is 0 Å². The predicted octanol–water partition coefficient (Wildman–Crippen LogP) is 2.70. The SMILES string of the molecule is Nc1cnc(Oc2ccc(Cl)cc2)o1. The minimum absolute atomic E-state index is 0.116. The Bertz CT molecular complexity index is 425. The fraction of sp³-hybridized carbons (Fsp3) is 0. The molecule has 5 heteroatoms. The van der Waals surface area contributed by atoms with E-state index in [1.54, 1.807) is 24.3 Å². The molecule has 0 bridgehead atoms. The maximum Gasteiger partial charge on any atom is 0.400 e. The molecule has 0 aliphatic heterocycles. The number of benzene rings is 1. The number of nitrogens with two attached hydrogens (primary N) is 1. The second-order valence-electron chi connectivity index (χ2n) is 2.58. The van der Waals surface area contributed by atoms with Gasteiger partial charge in [-0.05, 0) is 24.3 Å². The first-order valence-corrected chi connectivity index (χ1v) is 4.26. The summed E-state index contributed by atoms with van der Waals surface area (Å²) in [6.07, 6.45) is 1.50. The van der Waals surface area contributed by atoms with Gasteiger partial charge in [-0.15, -0.1) is 0 Å². The summed E-state index contributed by atoms with van der Waals surface area (Å²) < 4.78 is 10.2. The highest BCUT2D eigenvalue weighted by Crippen LogP contribution is 2.22. The van der Waals surface area contributed by atoms with Crippen LogP contribution in [-0.2, 0) is 0 Å². The number of ether oxygens (including phenoxy) is 1. The average molecular weight is 211 g/mol. The largest absolute Gasteiger partial charge is 0.411 e. The Morgan fingerprint density at radius 1 is 1.29 bits per heavy atom. The summed E-state index contributed by atoms with van der Waals surface area (Å²) in [5.74, 6) is 0.810. The van der Waals surface area contributed by atoms with Crippen molar-refractivity contribution in [3.05, 3.63) is 35.5 Å². The van der Waals surface area contributed by atoms with E-state index in [2.05, 4.69) is 4.98 Å². The zero-order valence-electron chi connectivity index (χ0n) is 7.11. The highest BCUT2D eigenvalue weighted by Gasteiger charge is 2.03. The lowest BCUT2D eigenvalue weighted by Gasteiger charge is -1.99. The number of anilines is 1. The van der Waals surface area contributed by atoms with Crippen LogP contribution in [0.1, 0.15) is 0 Å². The summed E-state index contributed by atoms with van der Waals surface area (Å²) in [6.45, 7) is 0. The Hall–Kier alpha value is -1.68. The summed E-state index contributed by atoms with van der Waals surface area (Å²) in [6, 6.07) is 6.85. The summed E-state index contributed by atoms with van der Waals surface area (Å²) >= 11 is 5.70. The number of aromatic nitrogens is 1. The van der Waals surface area contributed by atoms with Gasteiger partial charge in [-0.3, -0.25) is 0 Å². The third-order valence-corrected chi connectivity index (χ3v) is 1.77. The van der Waals surface area contributed by atoms with Crippen LogP contribution in [0.3, 0.4) is 0 Å². The van der Waals surface area contributed by atoms with E-state index in [0.29, 0.717) is 10.8 Å². The van der Waals surface area contributed by atoms with Crippen molar-refractivity contribution < 1.29 is 9.15 Å². The Kier molecular flexibility index (Phi) is 2.28. The molecule has 0 saturated carbocycles. The summed E-state index contributed by atoms with van der Waals surface area (Å²) in [5.41, 5.74) is 5.33. The lowest BCUT2D eigenvalue weighted by atomic mass is 10.3. The second-order valence-corrected chi connectivity index (χ2v) is 3.02. The minimum Gasteiger partial charge on any atom is -0.411 e. The quantitative estimate of drug-likeness (QED) is 0.828. The lowest BCUT2D eigenvalue weighted by Crippen LogP contribution is -1.82. The Morgan fingerprint density at radius 3 is 2.57 bits per heavy atom. The Morgan fingerprint density at radius 2 is 2.00 bits per heavy atom. The molecule has 0 saturated heterocycles. The molecule has 72 valence electrons. The molecule has 0 amide bonds. The first-order chi connectivity index (χ1) is 6.74. The molecule has 4 nitrogen and oxygen atoms in total. The maximum absolute atomic E-state index is 5.70. The van der Waals surface area contributed by atoms with Crippen molar-refractivity contribution in [2.45, 2.75) is 0 Å². The van der Waals surface area contributed by atoms with Gasteiger partial charge in [-0.25, -0.2) is 0 Å². The van der Waals surface area contributed by atoms with Crippen molar-refractivity contribution in [1.82, 2.24) is 4.98 Å². The fourth-order valence-corrected chi connectivity index (χ4v) is 1.05. The first-order valence-electron chi connectivity index (χ1n) is 3.89. The van der Waals surface area contributed by atoms with Crippen LogP contribution in [0.15, 0.2) is 34.9 Å². The molecule has 0 aliphatic carbocycles. The van der Waals surface area contributed by atoms with Gasteiger partial charge in [-0.2, -0.15) is 4.98 Å². The molecule has 14 heavy (non-hydrogen) atoms. The van der Waals surface area contributed by atoms with Gasteiger partial charge in [0.2, 0.25) is 5.88 Å². The van der Waals surface area contributed by atoms with Gasteiger partial charge in [0.1, 0.15) is 5.75 Å². The van der Waals surface area contributed by atoms with E-state index >= 15 is 0 Å². The van der Waals surface area contributed by atoms with Crippen LogP contribution in [-0.4, -0.2) is 4.98 Å². The van der Waals surface area contributed by atoms with Crippen LogP contribution in [0.4, 0.5) is 5.88 Å². The molecule has 2 aromatic rings. The maximum atomic E-state index is 5.70. The van der Waals surface area contributed by atoms with E-state index in [4.69, 9.17) is 26.5 Å². The average Bonchev–Trinajstić information content (AvgIpc) is 2.56. The monoisotopic (exact) mass is 210 g/mol. The van der Waals surface area contributed by atoms with Gasteiger partial charge in [0, 0.05) is 5.02 Å². The third-order valence-electron chi connectivity index (χ3n) is 1.52. The van der Waals surface area contributed by atoms with Crippen molar-refractivity contribution in [2.75, 3.05) is 5.73 Å². The summed E-state index contributed by atoms with van der Waals surface area (Å²) in [7, 11) is 0. The molecule has 0 radical (unpaired) electrons. The molecule has 0 atom stereocenters. The number of hydrogen-bond donors (Lipinski definition) is 1. The molecular weight excluding hydrogens is 204 g/mol. The molecule has 0 fully saturated rings. The van der Waals surface area contributed by atoms with Crippen molar-refractivity contribution in [3.8, 4) is 11.8 Å². The van der Waals surface area contributed by atoms with Crippen molar-refractivity contribution in [3.63, 3.8) is 0 Å². The Labute approximate surface area is 85.3 Å². The third kappa shape index (κ3) is 1.97. The van der Waals surface area contributed by atoms with E-state index in [-0.39, 0.29) is 12.0 Å². The molecule has 0 aliphatic rings. The topological polar surface area (TPSA) is 61.3 Å². The Balaban J connectivity index is 2.15. The highest BCUT2D eigenvalue weighted by atomic mass is 35.5. The second kappa shape index (κ2) is 3.59. The van der Waals surface area contributed by atoms with Gasteiger partial charge >= 0.3 is 6.08 Å². The van der Waals surface area contributed by atoms with Gasteiger partial charge in [0.25, 0.3) is 0 Å². The van der Waals surface area contributed by atoms with Crippen LogP contribution in [0, 0.1) is 0 Å². The van der Waals surface area contributed by atoms with Crippen molar-refractivity contribution >= 4 is 17.5 Å². The summed E-state index contributed by atoms with van der Waals surface area (Å²) in [4.78, 5) is 3.79. The van der Waals surface area contributed by atoms with E-state index in [9.17, 15) is 0 Å². The molecule has 0 spiro atoms. The molecule has 2 rings (SSSR count). The summed E-state index contributed by atoms with van der Waals surface area (Å²) in [5, 5.41) is 0.643. The number of rotatable bonds is 2. The van der Waals surface area contributed by atoms with E-state index in [0.717, 1.165) is 0 Å². The number of nitrogens with zero attached hydrogens (tertiary/aromatic N) is 1. The van der Waals surface area contributed by atoms with Crippen LogP contribution < -0.4 is 10.5 Å². The van der Waals surface area contributed by atoms with Crippen LogP contribution in [0.2, 0.25) is 5.02 Å². The smallest absolute Gasteiger partial charge is 0.400 e. The number of nitrogen functional groups attached to an aromatic ring is 1. The highest BCUT2D eigenvalue weighted by molar-refractivity contribution is 6.30.